The highest BCUT2D eigenvalue weighted by Crippen LogP contribution is 2.22. The van der Waals surface area contributed by atoms with Crippen molar-refractivity contribution < 1.29 is 14.3 Å². The summed E-state index contributed by atoms with van der Waals surface area (Å²) in [6.07, 6.45) is 11.6. The van der Waals surface area contributed by atoms with Gasteiger partial charge in [-0.25, -0.2) is 19.7 Å². The number of nitrogens with zero attached hydrogens (tertiary/aromatic N) is 4. The Kier molecular flexibility index (Phi) is 7.30. The standard InChI is InChI=1S/C15H17N3O3.C4H6N2/c1-4-21-14(19)6-5-12-7-13(20-3)15(16-8-12)18-9-11(2)17-10-18;1-4-2-5-3-6-4/h5-10H,4H2,1-3H3;2-3H,1H3,(H,5,6). The molecule has 0 aromatic carbocycles. The van der Waals surface area contributed by atoms with Crippen LogP contribution in [-0.4, -0.2) is 44.2 Å². The van der Waals surface area contributed by atoms with Crippen LogP contribution >= 0.6 is 0 Å². The van der Waals surface area contributed by atoms with Crippen LogP contribution in [0.4, 0.5) is 0 Å². The van der Waals surface area contributed by atoms with Crippen molar-refractivity contribution in [3.05, 3.63) is 60.3 Å². The van der Waals surface area contributed by atoms with E-state index in [1.807, 2.05) is 20.0 Å². The van der Waals surface area contributed by atoms with Crippen molar-refractivity contribution in [3.63, 3.8) is 0 Å². The van der Waals surface area contributed by atoms with Crippen molar-refractivity contribution in [3.8, 4) is 11.6 Å². The molecule has 3 rings (SSSR count). The molecule has 0 saturated carbocycles. The fourth-order valence-electron chi connectivity index (χ4n) is 2.10. The van der Waals surface area contributed by atoms with Gasteiger partial charge in [0, 0.05) is 30.4 Å². The molecule has 3 aromatic heterocycles. The van der Waals surface area contributed by atoms with E-state index < -0.39 is 0 Å². The third kappa shape index (κ3) is 6.10. The Hall–Kier alpha value is -3.42. The Labute approximate surface area is 157 Å². The molecule has 0 atom stereocenters. The summed E-state index contributed by atoms with van der Waals surface area (Å²) < 4.78 is 12.0. The molecule has 1 N–H and O–H groups in total. The van der Waals surface area contributed by atoms with Gasteiger partial charge in [-0.05, 0) is 38.5 Å². The van der Waals surface area contributed by atoms with Gasteiger partial charge in [-0.15, -0.1) is 0 Å². The van der Waals surface area contributed by atoms with Gasteiger partial charge in [-0.1, -0.05) is 0 Å². The summed E-state index contributed by atoms with van der Waals surface area (Å²) in [4.78, 5) is 26.5. The predicted molar refractivity (Wildman–Crippen MR) is 102 cm³/mol. The predicted octanol–water partition coefficient (Wildman–Crippen LogP) is 2.88. The summed E-state index contributed by atoms with van der Waals surface area (Å²) in [5.74, 6) is 0.857. The quantitative estimate of drug-likeness (QED) is 0.549. The highest BCUT2D eigenvalue weighted by atomic mass is 16.5. The molecule has 0 radical (unpaired) electrons. The summed E-state index contributed by atoms with van der Waals surface area (Å²) in [5.41, 5.74) is 2.75. The number of H-pyrrole nitrogens is 1. The summed E-state index contributed by atoms with van der Waals surface area (Å²) in [6.45, 7) is 5.98. The number of nitrogens with one attached hydrogen (secondary N) is 1. The van der Waals surface area contributed by atoms with Crippen molar-refractivity contribution in [2.24, 2.45) is 0 Å². The molecule has 0 aliphatic carbocycles. The van der Waals surface area contributed by atoms with Crippen LogP contribution in [0.5, 0.6) is 5.75 Å². The van der Waals surface area contributed by atoms with Crippen molar-refractivity contribution in [2.75, 3.05) is 13.7 Å². The normalized spacial score (nSPS) is 10.4. The number of hydrogen-bond acceptors (Lipinski definition) is 6. The van der Waals surface area contributed by atoms with Gasteiger partial charge >= 0.3 is 5.97 Å². The number of aryl methyl sites for hydroxylation is 2. The number of hydrogen-bond donors (Lipinski definition) is 1. The number of carbonyl (C=O) groups is 1. The number of pyridine rings is 1. The van der Waals surface area contributed by atoms with Crippen LogP contribution in [0.1, 0.15) is 23.9 Å². The minimum atomic E-state index is -0.384. The number of ether oxygens (including phenoxy) is 2. The molecule has 27 heavy (non-hydrogen) atoms. The van der Waals surface area contributed by atoms with E-state index in [0.717, 1.165) is 17.0 Å². The molecule has 8 heteroatoms. The first kappa shape index (κ1) is 19.9. The van der Waals surface area contributed by atoms with Crippen LogP contribution in [0.2, 0.25) is 0 Å². The first-order valence-electron chi connectivity index (χ1n) is 8.38. The van der Waals surface area contributed by atoms with E-state index in [9.17, 15) is 4.79 Å². The summed E-state index contributed by atoms with van der Waals surface area (Å²) in [5, 5.41) is 0. The molecule has 0 aliphatic rings. The van der Waals surface area contributed by atoms with Crippen molar-refractivity contribution in [2.45, 2.75) is 20.8 Å². The van der Waals surface area contributed by atoms with Gasteiger partial charge < -0.3 is 14.5 Å². The zero-order chi connectivity index (χ0) is 19.6. The largest absolute Gasteiger partial charge is 0.493 e. The van der Waals surface area contributed by atoms with Crippen molar-refractivity contribution in [1.29, 1.82) is 0 Å². The molecule has 142 valence electrons. The lowest BCUT2D eigenvalue weighted by Gasteiger charge is -2.08. The van der Waals surface area contributed by atoms with Crippen LogP contribution in [0, 0.1) is 13.8 Å². The monoisotopic (exact) mass is 369 g/mol. The topological polar surface area (TPSA) is 94.9 Å². The van der Waals surface area contributed by atoms with E-state index in [1.54, 1.807) is 55.8 Å². The maximum absolute atomic E-state index is 11.3. The first-order valence-corrected chi connectivity index (χ1v) is 8.38. The first-order chi connectivity index (χ1) is 13.0. The van der Waals surface area contributed by atoms with E-state index in [4.69, 9.17) is 9.47 Å². The van der Waals surface area contributed by atoms with E-state index in [-0.39, 0.29) is 5.97 Å². The molecule has 0 bridgehead atoms. The van der Waals surface area contributed by atoms with Crippen LogP contribution in [0.15, 0.2) is 43.4 Å². The summed E-state index contributed by atoms with van der Waals surface area (Å²) in [6, 6.07) is 1.80. The second kappa shape index (κ2) is 9.91. The molecule has 3 heterocycles. The Bertz CT molecular complexity index is 885. The number of esters is 1. The third-order valence-electron chi connectivity index (χ3n) is 3.36. The van der Waals surface area contributed by atoms with Gasteiger partial charge in [-0.3, -0.25) is 4.57 Å². The fraction of sp³-hybridized carbons (Fsp3) is 0.263. The lowest BCUT2D eigenvalue weighted by atomic mass is 10.2. The van der Waals surface area contributed by atoms with E-state index in [1.165, 1.54) is 6.08 Å². The molecule has 3 aromatic rings. The number of imidazole rings is 2. The van der Waals surface area contributed by atoms with Gasteiger partial charge in [0.2, 0.25) is 0 Å². The van der Waals surface area contributed by atoms with Gasteiger partial charge in [0.25, 0.3) is 0 Å². The highest BCUT2D eigenvalue weighted by Gasteiger charge is 2.08. The molecule has 0 amide bonds. The number of carbonyl (C=O) groups excluding carboxylic acids is 1. The SMILES string of the molecule is CCOC(=O)C=Cc1cnc(-n2cnc(C)c2)c(OC)c1.Cc1cnc[nH]1. The second-order valence-corrected chi connectivity index (χ2v) is 5.54. The summed E-state index contributed by atoms with van der Waals surface area (Å²) >= 11 is 0. The molecule has 0 spiro atoms. The smallest absolute Gasteiger partial charge is 0.330 e. The molecular weight excluding hydrogens is 346 g/mol. The number of aromatic amines is 1. The van der Waals surface area contributed by atoms with E-state index in [0.29, 0.717) is 18.2 Å². The van der Waals surface area contributed by atoms with Crippen LogP contribution in [0.3, 0.4) is 0 Å². The third-order valence-corrected chi connectivity index (χ3v) is 3.36. The Morgan fingerprint density at radius 2 is 2.11 bits per heavy atom. The average molecular weight is 369 g/mol. The maximum Gasteiger partial charge on any atom is 0.330 e. The zero-order valence-electron chi connectivity index (χ0n) is 15.8. The van der Waals surface area contributed by atoms with E-state index >= 15 is 0 Å². The van der Waals surface area contributed by atoms with Crippen molar-refractivity contribution >= 4 is 12.0 Å². The molecule has 0 aliphatic heterocycles. The molecular formula is C19H23N5O3. The molecule has 0 saturated heterocycles. The lowest BCUT2D eigenvalue weighted by Crippen LogP contribution is -2.00. The van der Waals surface area contributed by atoms with E-state index in [2.05, 4.69) is 19.9 Å². The van der Waals surface area contributed by atoms with Gasteiger partial charge in [0.15, 0.2) is 11.6 Å². The minimum absolute atomic E-state index is 0.351. The molecule has 0 unspecified atom stereocenters. The van der Waals surface area contributed by atoms with Crippen LogP contribution in [-0.2, 0) is 9.53 Å². The number of methoxy groups -OCH3 is 1. The van der Waals surface area contributed by atoms with Gasteiger partial charge in [-0.2, -0.15) is 0 Å². The average Bonchev–Trinajstić information content (AvgIpc) is 3.31. The Morgan fingerprint density at radius 1 is 1.30 bits per heavy atom. The van der Waals surface area contributed by atoms with Gasteiger partial charge in [0.05, 0.1) is 25.7 Å². The van der Waals surface area contributed by atoms with Gasteiger partial charge in [0.1, 0.15) is 6.33 Å². The second-order valence-electron chi connectivity index (χ2n) is 5.54. The molecule has 8 nitrogen and oxygen atoms in total. The Morgan fingerprint density at radius 3 is 2.63 bits per heavy atom. The summed E-state index contributed by atoms with van der Waals surface area (Å²) in [7, 11) is 1.57. The van der Waals surface area contributed by atoms with Crippen LogP contribution in [0.25, 0.3) is 11.9 Å². The molecule has 0 fully saturated rings. The maximum atomic E-state index is 11.3. The van der Waals surface area contributed by atoms with Crippen LogP contribution < -0.4 is 4.74 Å². The highest BCUT2D eigenvalue weighted by molar-refractivity contribution is 5.87. The zero-order valence-corrected chi connectivity index (χ0v) is 15.8. The number of rotatable bonds is 5. The fourth-order valence-corrected chi connectivity index (χ4v) is 2.10. The lowest BCUT2D eigenvalue weighted by molar-refractivity contribution is -0.137. The van der Waals surface area contributed by atoms with Crippen molar-refractivity contribution in [1.82, 2.24) is 24.5 Å². The minimum Gasteiger partial charge on any atom is -0.493 e. The number of aromatic nitrogens is 5. The Balaban J connectivity index is 0.000000369.